The first-order valence-electron chi connectivity index (χ1n) is 8.33. The van der Waals surface area contributed by atoms with Crippen LogP contribution in [0.4, 0.5) is 0 Å². The number of nitrogens with two attached hydrogens (primary N) is 1. The molecular weight excluding hydrogens is 250 g/mol. The van der Waals surface area contributed by atoms with Crippen LogP contribution >= 0.6 is 0 Å². The van der Waals surface area contributed by atoms with E-state index >= 15 is 0 Å². The van der Waals surface area contributed by atoms with Crippen LogP contribution in [0.5, 0.6) is 0 Å². The second kappa shape index (κ2) is 7.41. The molecule has 1 aliphatic heterocycles. The molecule has 20 heavy (non-hydrogen) atoms. The zero-order chi connectivity index (χ0) is 14.5. The first-order chi connectivity index (χ1) is 9.58. The van der Waals surface area contributed by atoms with Crippen LogP contribution in [-0.4, -0.2) is 43.0 Å². The van der Waals surface area contributed by atoms with Crippen molar-refractivity contribution in [3.8, 4) is 0 Å². The lowest BCUT2D eigenvalue weighted by Crippen LogP contribution is -2.48. The number of carbonyl (C=O) groups is 1. The minimum Gasteiger partial charge on any atom is -0.355 e. The Hall–Kier alpha value is -0.610. The third kappa shape index (κ3) is 4.19. The zero-order valence-electron chi connectivity index (χ0n) is 13.1. The van der Waals surface area contributed by atoms with Crippen LogP contribution in [0.2, 0.25) is 0 Å². The summed E-state index contributed by atoms with van der Waals surface area (Å²) < 4.78 is 0. The standard InChI is InChI=1S/C16H31N3O/c1-12-6-9-19(10-7-12)11-8-18-16(20)15-13(2)4-3-5-14(15)17/h12-15H,3-11,17H2,1-2H3,(H,18,20). The molecule has 0 bridgehead atoms. The number of likely N-dealkylation sites (tertiary alicyclic amines) is 1. The molecule has 3 N–H and O–H groups in total. The van der Waals surface area contributed by atoms with Gasteiger partial charge in [-0.2, -0.15) is 0 Å². The van der Waals surface area contributed by atoms with Gasteiger partial charge < -0.3 is 16.0 Å². The van der Waals surface area contributed by atoms with E-state index in [0.29, 0.717) is 5.92 Å². The molecule has 0 aromatic heterocycles. The topological polar surface area (TPSA) is 58.4 Å². The molecule has 3 unspecified atom stereocenters. The molecule has 0 radical (unpaired) electrons. The van der Waals surface area contributed by atoms with Crippen molar-refractivity contribution in [2.24, 2.45) is 23.5 Å². The van der Waals surface area contributed by atoms with Crippen LogP contribution in [0, 0.1) is 17.8 Å². The molecule has 2 rings (SSSR count). The van der Waals surface area contributed by atoms with Crippen molar-refractivity contribution in [2.75, 3.05) is 26.2 Å². The fourth-order valence-corrected chi connectivity index (χ4v) is 3.65. The predicted octanol–water partition coefficient (Wildman–Crippen LogP) is 1.60. The normalized spacial score (nSPS) is 33.0. The maximum atomic E-state index is 12.3. The fraction of sp³-hybridized carbons (Fsp3) is 0.938. The molecule has 4 heteroatoms. The van der Waals surface area contributed by atoms with Crippen LogP contribution in [0.25, 0.3) is 0 Å². The van der Waals surface area contributed by atoms with Crippen molar-refractivity contribution in [2.45, 2.75) is 52.0 Å². The summed E-state index contributed by atoms with van der Waals surface area (Å²) in [6.07, 6.45) is 5.87. The summed E-state index contributed by atoms with van der Waals surface area (Å²) in [6.45, 7) is 8.59. The van der Waals surface area contributed by atoms with E-state index in [1.807, 2.05) is 0 Å². The third-order valence-corrected chi connectivity index (χ3v) is 5.18. The lowest BCUT2D eigenvalue weighted by molar-refractivity contribution is -0.128. The highest BCUT2D eigenvalue weighted by molar-refractivity contribution is 5.79. The fourth-order valence-electron chi connectivity index (χ4n) is 3.65. The minimum absolute atomic E-state index is 0.0186. The van der Waals surface area contributed by atoms with Gasteiger partial charge in [0.2, 0.25) is 5.91 Å². The van der Waals surface area contributed by atoms with E-state index in [4.69, 9.17) is 5.73 Å². The third-order valence-electron chi connectivity index (χ3n) is 5.18. The lowest BCUT2D eigenvalue weighted by atomic mass is 9.76. The monoisotopic (exact) mass is 281 g/mol. The number of piperidine rings is 1. The van der Waals surface area contributed by atoms with Crippen LogP contribution in [0.1, 0.15) is 46.0 Å². The average Bonchev–Trinajstić information content (AvgIpc) is 2.41. The molecule has 1 heterocycles. The molecule has 0 aromatic rings. The SMILES string of the molecule is CC1CCN(CCNC(=O)C2C(C)CCCC2N)CC1. The van der Waals surface area contributed by atoms with Gasteiger partial charge in [-0.25, -0.2) is 0 Å². The maximum Gasteiger partial charge on any atom is 0.224 e. The number of carbonyl (C=O) groups excluding carboxylic acids is 1. The Morgan fingerprint density at radius 2 is 1.90 bits per heavy atom. The molecule has 1 saturated carbocycles. The molecule has 3 atom stereocenters. The van der Waals surface area contributed by atoms with Gasteiger partial charge in [0.05, 0.1) is 5.92 Å². The Kier molecular flexibility index (Phi) is 5.85. The molecule has 2 aliphatic rings. The Bertz CT molecular complexity index is 303. The maximum absolute atomic E-state index is 12.3. The van der Waals surface area contributed by atoms with Gasteiger partial charge in [0.25, 0.3) is 0 Å². The lowest BCUT2D eigenvalue weighted by Gasteiger charge is -2.34. The second-order valence-corrected chi connectivity index (χ2v) is 6.91. The van der Waals surface area contributed by atoms with Gasteiger partial charge in [-0.3, -0.25) is 4.79 Å². The van der Waals surface area contributed by atoms with Gasteiger partial charge in [-0.15, -0.1) is 0 Å². The summed E-state index contributed by atoms with van der Waals surface area (Å²) in [5.74, 6) is 1.48. The summed E-state index contributed by atoms with van der Waals surface area (Å²) in [5, 5.41) is 3.11. The average molecular weight is 281 g/mol. The highest BCUT2D eigenvalue weighted by Crippen LogP contribution is 2.28. The minimum atomic E-state index is 0.0186. The number of nitrogens with zero attached hydrogens (tertiary/aromatic N) is 1. The van der Waals surface area contributed by atoms with Gasteiger partial charge in [0, 0.05) is 19.1 Å². The van der Waals surface area contributed by atoms with Gasteiger partial charge in [0.15, 0.2) is 0 Å². The van der Waals surface area contributed by atoms with E-state index < -0.39 is 0 Å². The van der Waals surface area contributed by atoms with E-state index in [1.165, 1.54) is 25.9 Å². The molecular formula is C16H31N3O. The van der Waals surface area contributed by atoms with E-state index in [0.717, 1.165) is 38.3 Å². The van der Waals surface area contributed by atoms with Gasteiger partial charge in [0.1, 0.15) is 0 Å². The van der Waals surface area contributed by atoms with Crippen molar-refractivity contribution < 1.29 is 4.79 Å². The molecule has 1 amide bonds. The Morgan fingerprint density at radius 1 is 1.20 bits per heavy atom. The van der Waals surface area contributed by atoms with Gasteiger partial charge in [-0.1, -0.05) is 20.3 Å². The van der Waals surface area contributed by atoms with Gasteiger partial charge in [-0.05, 0) is 50.6 Å². The van der Waals surface area contributed by atoms with E-state index in [-0.39, 0.29) is 17.9 Å². The zero-order valence-corrected chi connectivity index (χ0v) is 13.1. The molecule has 116 valence electrons. The van der Waals surface area contributed by atoms with E-state index in [9.17, 15) is 4.79 Å². The number of nitrogens with one attached hydrogen (secondary N) is 1. The number of hydrogen-bond donors (Lipinski definition) is 2. The van der Waals surface area contributed by atoms with Crippen LogP contribution in [0.15, 0.2) is 0 Å². The van der Waals surface area contributed by atoms with E-state index in [2.05, 4.69) is 24.1 Å². The summed E-state index contributed by atoms with van der Waals surface area (Å²) in [6, 6.07) is 0.0505. The Labute approximate surface area is 123 Å². The predicted molar refractivity (Wildman–Crippen MR) is 82.3 cm³/mol. The summed E-state index contributed by atoms with van der Waals surface area (Å²) in [7, 11) is 0. The Morgan fingerprint density at radius 3 is 2.55 bits per heavy atom. The van der Waals surface area contributed by atoms with E-state index in [1.54, 1.807) is 0 Å². The quantitative estimate of drug-likeness (QED) is 0.823. The summed E-state index contributed by atoms with van der Waals surface area (Å²) in [5.41, 5.74) is 6.13. The molecule has 4 nitrogen and oxygen atoms in total. The van der Waals surface area contributed by atoms with Crippen molar-refractivity contribution in [1.82, 2.24) is 10.2 Å². The van der Waals surface area contributed by atoms with Crippen LogP contribution in [-0.2, 0) is 4.79 Å². The Balaban J connectivity index is 1.69. The number of amides is 1. The first kappa shape index (κ1) is 15.8. The van der Waals surface area contributed by atoms with Crippen LogP contribution in [0.3, 0.4) is 0 Å². The molecule has 2 fully saturated rings. The smallest absolute Gasteiger partial charge is 0.224 e. The summed E-state index contributed by atoms with van der Waals surface area (Å²) in [4.78, 5) is 14.8. The van der Waals surface area contributed by atoms with Crippen molar-refractivity contribution in [3.05, 3.63) is 0 Å². The second-order valence-electron chi connectivity index (χ2n) is 6.91. The van der Waals surface area contributed by atoms with Crippen molar-refractivity contribution >= 4 is 5.91 Å². The highest BCUT2D eigenvalue weighted by Gasteiger charge is 2.33. The van der Waals surface area contributed by atoms with Crippen molar-refractivity contribution in [3.63, 3.8) is 0 Å². The molecule has 0 spiro atoms. The molecule has 0 aromatic carbocycles. The molecule has 1 saturated heterocycles. The highest BCUT2D eigenvalue weighted by atomic mass is 16.1. The largest absolute Gasteiger partial charge is 0.355 e. The van der Waals surface area contributed by atoms with Gasteiger partial charge >= 0.3 is 0 Å². The van der Waals surface area contributed by atoms with Crippen LogP contribution < -0.4 is 11.1 Å². The number of rotatable bonds is 4. The van der Waals surface area contributed by atoms with Crippen molar-refractivity contribution in [1.29, 1.82) is 0 Å². The molecule has 1 aliphatic carbocycles. The number of hydrogen-bond acceptors (Lipinski definition) is 3. The first-order valence-corrected chi connectivity index (χ1v) is 8.33. The summed E-state index contributed by atoms with van der Waals surface area (Å²) >= 11 is 0.